The predicted molar refractivity (Wildman–Crippen MR) is 58.1 cm³/mol. The number of carboxylic acid groups (broad SMARTS) is 1. The highest BCUT2D eigenvalue weighted by atomic mass is 32.2. The fourth-order valence-electron chi connectivity index (χ4n) is 0.875. The maximum absolute atomic E-state index is 11.2. The molecule has 5 nitrogen and oxygen atoms in total. The normalized spacial score (nSPS) is 12.7. The zero-order valence-electron chi connectivity index (χ0n) is 9.41. The second-order valence-electron chi connectivity index (χ2n) is 4.67. The van der Waals surface area contributed by atoms with Gasteiger partial charge in [-0.05, 0) is 11.8 Å². The lowest BCUT2D eigenvalue weighted by Crippen LogP contribution is -2.30. The molecule has 0 atom stereocenters. The van der Waals surface area contributed by atoms with Crippen LogP contribution in [0.1, 0.15) is 33.6 Å². The van der Waals surface area contributed by atoms with Gasteiger partial charge in [0.1, 0.15) is 0 Å². The summed E-state index contributed by atoms with van der Waals surface area (Å²) in [5, 5.41) is 8.34. The van der Waals surface area contributed by atoms with Gasteiger partial charge in [0.25, 0.3) is 0 Å². The van der Waals surface area contributed by atoms with Crippen LogP contribution in [0.3, 0.4) is 0 Å². The Morgan fingerprint density at radius 3 is 2.27 bits per heavy atom. The number of rotatable bonds is 6. The first kappa shape index (κ1) is 14.4. The van der Waals surface area contributed by atoms with Gasteiger partial charge in [0.05, 0.1) is 12.2 Å². The predicted octanol–water partition coefficient (Wildman–Crippen LogP) is 0.817. The summed E-state index contributed by atoms with van der Waals surface area (Å²) in [6.07, 6.45) is 0.365. The molecule has 0 aliphatic carbocycles. The van der Waals surface area contributed by atoms with Crippen molar-refractivity contribution in [1.82, 2.24) is 4.72 Å². The topological polar surface area (TPSA) is 83.5 Å². The molecule has 0 spiro atoms. The Bertz CT molecular complexity index is 303. The van der Waals surface area contributed by atoms with E-state index in [2.05, 4.69) is 4.72 Å². The lowest BCUT2D eigenvalue weighted by atomic mass is 9.93. The Morgan fingerprint density at radius 1 is 1.33 bits per heavy atom. The fraction of sp³-hybridized carbons (Fsp3) is 0.889. The van der Waals surface area contributed by atoms with Crippen molar-refractivity contribution in [3.63, 3.8) is 0 Å². The standard InChI is InChI=1S/C9H19NO4S/c1-9(2,3)5-6-10-15(13,14)7-4-8(11)12/h10H,4-7H2,1-3H3,(H,11,12). The highest BCUT2D eigenvalue weighted by Gasteiger charge is 2.15. The minimum atomic E-state index is -3.43. The number of carbonyl (C=O) groups is 1. The number of sulfonamides is 1. The van der Waals surface area contributed by atoms with Crippen molar-refractivity contribution < 1.29 is 18.3 Å². The van der Waals surface area contributed by atoms with Crippen LogP contribution >= 0.6 is 0 Å². The van der Waals surface area contributed by atoms with Crippen molar-refractivity contribution in [3.8, 4) is 0 Å². The summed E-state index contributed by atoms with van der Waals surface area (Å²) >= 11 is 0. The van der Waals surface area contributed by atoms with Gasteiger partial charge in [-0.15, -0.1) is 0 Å². The second-order valence-corrected chi connectivity index (χ2v) is 6.59. The Hall–Kier alpha value is -0.620. The lowest BCUT2D eigenvalue weighted by molar-refractivity contribution is -0.136. The molecule has 0 fully saturated rings. The Labute approximate surface area is 90.9 Å². The van der Waals surface area contributed by atoms with Crippen LogP contribution in [0.25, 0.3) is 0 Å². The van der Waals surface area contributed by atoms with Crippen LogP contribution in [-0.2, 0) is 14.8 Å². The van der Waals surface area contributed by atoms with E-state index in [0.29, 0.717) is 6.54 Å². The van der Waals surface area contributed by atoms with E-state index in [9.17, 15) is 13.2 Å². The molecule has 0 unspecified atom stereocenters. The fourth-order valence-corrected chi connectivity index (χ4v) is 1.88. The van der Waals surface area contributed by atoms with Gasteiger partial charge in [0.15, 0.2) is 0 Å². The number of nitrogens with one attached hydrogen (secondary N) is 1. The molecule has 0 aromatic carbocycles. The number of carboxylic acids is 1. The summed E-state index contributed by atoms with van der Waals surface area (Å²) in [6.45, 7) is 6.39. The second kappa shape index (κ2) is 5.46. The first-order chi connectivity index (χ1) is 6.62. The van der Waals surface area contributed by atoms with Crippen LogP contribution in [0.2, 0.25) is 0 Å². The molecule has 0 saturated carbocycles. The van der Waals surface area contributed by atoms with E-state index in [4.69, 9.17) is 5.11 Å². The monoisotopic (exact) mass is 237 g/mol. The summed E-state index contributed by atoms with van der Waals surface area (Å²) in [6, 6.07) is 0. The zero-order chi connectivity index (χ0) is 12.1. The van der Waals surface area contributed by atoms with E-state index < -0.39 is 16.0 Å². The molecule has 0 rings (SSSR count). The Morgan fingerprint density at radius 2 is 1.87 bits per heavy atom. The third-order valence-corrected chi connectivity index (χ3v) is 3.17. The van der Waals surface area contributed by atoms with E-state index in [1.165, 1.54) is 0 Å². The Balaban J connectivity index is 3.90. The molecule has 0 heterocycles. The number of hydrogen-bond donors (Lipinski definition) is 2. The van der Waals surface area contributed by atoms with Crippen molar-refractivity contribution in [1.29, 1.82) is 0 Å². The van der Waals surface area contributed by atoms with Gasteiger partial charge in [0.2, 0.25) is 10.0 Å². The van der Waals surface area contributed by atoms with Gasteiger partial charge >= 0.3 is 5.97 Å². The average Bonchev–Trinajstić information content (AvgIpc) is 1.98. The summed E-state index contributed by atoms with van der Waals surface area (Å²) in [5.41, 5.74) is 0.0648. The van der Waals surface area contributed by atoms with E-state index in [0.717, 1.165) is 6.42 Å². The van der Waals surface area contributed by atoms with Gasteiger partial charge in [-0.2, -0.15) is 0 Å². The van der Waals surface area contributed by atoms with Crippen LogP contribution < -0.4 is 4.72 Å². The largest absolute Gasteiger partial charge is 0.481 e. The average molecular weight is 237 g/mol. The van der Waals surface area contributed by atoms with Crippen LogP contribution in [0.15, 0.2) is 0 Å². The van der Waals surface area contributed by atoms with E-state index in [1.54, 1.807) is 0 Å². The first-order valence-electron chi connectivity index (χ1n) is 4.81. The molecule has 6 heteroatoms. The van der Waals surface area contributed by atoms with Crippen molar-refractivity contribution in [3.05, 3.63) is 0 Å². The van der Waals surface area contributed by atoms with Gasteiger partial charge in [-0.25, -0.2) is 13.1 Å². The van der Waals surface area contributed by atoms with Crippen molar-refractivity contribution in [2.75, 3.05) is 12.3 Å². The first-order valence-corrected chi connectivity index (χ1v) is 6.47. The van der Waals surface area contributed by atoms with Crippen molar-refractivity contribution >= 4 is 16.0 Å². The highest BCUT2D eigenvalue weighted by Crippen LogP contribution is 2.17. The summed E-state index contributed by atoms with van der Waals surface area (Å²) < 4.78 is 24.9. The number of aliphatic carboxylic acids is 1. The van der Waals surface area contributed by atoms with Gasteiger partial charge in [-0.3, -0.25) is 4.79 Å². The molecular formula is C9H19NO4S. The van der Waals surface area contributed by atoms with Crippen LogP contribution in [0, 0.1) is 5.41 Å². The quantitative estimate of drug-likeness (QED) is 0.716. The third kappa shape index (κ3) is 9.68. The molecule has 0 aliphatic heterocycles. The number of hydrogen-bond acceptors (Lipinski definition) is 3. The minimum absolute atomic E-state index is 0.0648. The molecule has 2 N–H and O–H groups in total. The maximum atomic E-state index is 11.2. The van der Waals surface area contributed by atoms with E-state index in [-0.39, 0.29) is 17.6 Å². The lowest BCUT2D eigenvalue weighted by Gasteiger charge is -2.17. The molecular weight excluding hydrogens is 218 g/mol. The van der Waals surface area contributed by atoms with Crippen LogP contribution in [0.4, 0.5) is 0 Å². The minimum Gasteiger partial charge on any atom is -0.481 e. The van der Waals surface area contributed by atoms with Crippen LogP contribution in [-0.4, -0.2) is 31.8 Å². The SMILES string of the molecule is CC(C)(C)CCNS(=O)(=O)CCC(=O)O. The molecule has 0 aromatic heterocycles. The molecule has 0 radical (unpaired) electrons. The molecule has 0 bridgehead atoms. The van der Waals surface area contributed by atoms with E-state index >= 15 is 0 Å². The van der Waals surface area contributed by atoms with E-state index in [1.807, 2.05) is 20.8 Å². The van der Waals surface area contributed by atoms with Gasteiger partial charge < -0.3 is 5.11 Å². The highest BCUT2D eigenvalue weighted by molar-refractivity contribution is 7.89. The molecule has 90 valence electrons. The molecule has 0 aromatic rings. The molecule has 0 aliphatic rings. The summed E-state index contributed by atoms with van der Waals surface area (Å²) in [7, 11) is -3.43. The molecule has 15 heavy (non-hydrogen) atoms. The Kier molecular flexibility index (Phi) is 5.23. The summed E-state index contributed by atoms with van der Waals surface area (Å²) in [4.78, 5) is 10.2. The maximum Gasteiger partial charge on any atom is 0.304 e. The third-order valence-electron chi connectivity index (χ3n) is 1.78. The smallest absolute Gasteiger partial charge is 0.304 e. The molecule has 0 saturated heterocycles. The van der Waals surface area contributed by atoms with Crippen LogP contribution in [0.5, 0.6) is 0 Å². The molecule has 0 amide bonds. The van der Waals surface area contributed by atoms with Gasteiger partial charge in [-0.1, -0.05) is 20.8 Å². The zero-order valence-corrected chi connectivity index (χ0v) is 10.2. The van der Waals surface area contributed by atoms with Gasteiger partial charge in [0, 0.05) is 6.54 Å². The van der Waals surface area contributed by atoms with Crippen molar-refractivity contribution in [2.24, 2.45) is 5.41 Å². The summed E-state index contributed by atoms with van der Waals surface area (Å²) in [5.74, 6) is -1.46. The van der Waals surface area contributed by atoms with Crippen molar-refractivity contribution in [2.45, 2.75) is 33.6 Å².